The lowest BCUT2D eigenvalue weighted by Gasteiger charge is -2.15. The molecule has 628 valence electrons. The fraction of sp³-hybridized carbons (Fsp3) is 0. The molecule has 8 heteroatoms. The van der Waals surface area contributed by atoms with Crippen LogP contribution in [0.25, 0.3) is 285 Å². The van der Waals surface area contributed by atoms with E-state index in [0.717, 1.165) is 128 Å². The van der Waals surface area contributed by atoms with Crippen LogP contribution in [0.3, 0.4) is 0 Å². The van der Waals surface area contributed by atoms with Gasteiger partial charge in [0.15, 0.2) is 0 Å². The Morgan fingerprint density at radius 2 is 0.412 bits per heavy atom. The number of fused-ring (bicyclic) bond motifs is 27. The third-order valence-corrected chi connectivity index (χ3v) is 28.8. The van der Waals surface area contributed by atoms with Crippen LogP contribution in [0.5, 0.6) is 0 Å². The summed E-state index contributed by atoms with van der Waals surface area (Å²) in [6.07, 6.45) is 0. The molecular weight excluding hydrogens is 1650 g/mol. The van der Waals surface area contributed by atoms with Gasteiger partial charge in [-0.05, 0) is 249 Å². The zero-order chi connectivity index (χ0) is 88.9. The summed E-state index contributed by atoms with van der Waals surface area (Å²) in [7, 11) is 0. The summed E-state index contributed by atoms with van der Waals surface area (Å²) in [5.41, 5.74) is 25.2. The molecule has 0 aliphatic carbocycles. The van der Waals surface area contributed by atoms with Crippen LogP contribution >= 0.6 is 0 Å². The molecule has 0 unspecified atom stereocenters. The Labute approximate surface area is 778 Å². The van der Waals surface area contributed by atoms with E-state index in [4.69, 9.17) is 19.9 Å². The van der Waals surface area contributed by atoms with Crippen LogP contribution in [0.1, 0.15) is 0 Å². The number of para-hydroxylation sites is 6. The van der Waals surface area contributed by atoms with Crippen LogP contribution in [-0.2, 0) is 0 Å². The van der Waals surface area contributed by atoms with Gasteiger partial charge in [-0.3, -0.25) is 0 Å². The van der Waals surface area contributed by atoms with Gasteiger partial charge in [-0.1, -0.05) is 309 Å². The van der Waals surface area contributed by atoms with Crippen LogP contribution in [0, 0.1) is 0 Å². The summed E-state index contributed by atoms with van der Waals surface area (Å²) in [5, 5.41) is 34.1. The summed E-state index contributed by atoms with van der Waals surface area (Å²) in [4.78, 5) is 21.5. The standard InChI is InChI=1S/C68H40N4.C60H36N4/c1-3-16-43-38-65-57(35-41(43)14-1)55-23-9-12-26-63(55)71(65)48-30-33-64-59(40-48)58-36-42-15-2-4-17-44(42)39-66(58)72(64)62-27-13-18-45-34-46(28-31-49(45)62)67-68(70-61-25-11-10-24-60(61)69-67)47-29-32-54-52-21-6-5-19-50(52)51-20-7-8-22-53(51)56(54)37-47;1-3-16-40-34-57-49(32-38(40)14-1)47-21-7-10-25-55(47)63(57)44-28-30-56-51(36-44)50-33-39-15-2-4-17-41(39)35-58(50)64(56)54-26-12-19-42-31-43(27-29-46(42)54)59-60(62-53-24-9-8-23-52(53)61-59)48-22-11-18-37-13-5-6-20-45(37)48/h1-40H;1-36H. The topological polar surface area (TPSA) is 71.3 Å². The third kappa shape index (κ3) is 11.6. The predicted octanol–water partition coefficient (Wildman–Crippen LogP) is 33.8. The second-order valence-corrected chi connectivity index (χ2v) is 36.3. The Morgan fingerprint density at radius 1 is 0.132 bits per heavy atom. The molecule has 0 radical (unpaired) electrons. The highest BCUT2D eigenvalue weighted by Gasteiger charge is 2.26. The van der Waals surface area contributed by atoms with E-state index in [9.17, 15) is 0 Å². The number of aromatic nitrogens is 8. The minimum atomic E-state index is 0.861. The van der Waals surface area contributed by atoms with Crippen LogP contribution in [0.15, 0.2) is 461 Å². The lowest BCUT2D eigenvalue weighted by Crippen LogP contribution is -1.98. The van der Waals surface area contributed by atoms with Gasteiger partial charge in [-0.25, -0.2) is 19.9 Å². The number of hydrogen-bond acceptors (Lipinski definition) is 4. The zero-order valence-corrected chi connectivity index (χ0v) is 73.5. The SMILES string of the molecule is c1ccc2cc3c(cc2c1)c1ccccc1n3-c1ccc2c(c1)c1cc3ccccc3cc1n2-c1cccc2cc(-c3nc4ccccc4nc3-c3ccc4c5ccccc5c5ccccc5c4c3)ccc12.c1ccc2cc3c(cc2c1)c1ccccc1n3-c1ccc2c(c1)c1cc3ccccc3cc1n2-c1cccc2cc(-c3nc4ccccc4nc3-c3cccc4ccccc34)ccc12. The van der Waals surface area contributed by atoms with Gasteiger partial charge in [0.1, 0.15) is 0 Å². The lowest BCUT2D eigenvalue weighted by atomic mass is 9.92. The molecule has 0 N–H and O–H groups in total. The smallest absolute Gasteiger partial charge is 0.0979 e. The van der Waals surface area contributed by atoms with E-state index in [0.29, 0.717) is 0 Å². The quantitative estimate of drug-likeness (QED) is 0.142. The van der Waals surface area contributed by atoms with Crippen molar-refractivity contribution in [1.82, 2.24) is 38.2 Å². The van der Waals surface area contributed by atoms with Crippen LogP contribution in [0.2, 0.25) is 0 Å². The lowest BCUT2D eigenvalue weighted by molar-refractivity contribution is 1.17. The molecule has 0 saturated heterocycles. The van der Waals surface area contributed by atoms with E-state index in [-0.39, 0.29) is 0 Å². The molecule has 30 rings (SSSR count). The van der Waals surface area contributed by atoms with Gasteiger partial charge in [0.25, 0.3) is 0 Å². The molecule has 136 heavy (non-hydrogen) atoms. The van der Waals surface area contributed by atoms with Crippen LogP contribution < -0.4 is 0 Å². The van der Waals surface area contributed by atoms with Gasteiger partial charge >= 0.3 is 0 Å². The maximum Gasteiger partial charge on any atom is 0.0979 e. The predicted molar refractivity (Wildman–Crippen MR) is 573 cm³/mol. The average Bonchev–Trinajstić information content (AvgIpc) is 1.57. The largest absolute Gasteiger partial charge is 0.309 e. The highest BCUT2D eigenvalue weighted by atomic mass is 15.0. The molecule has 0 atom stereocenters. The molecule has 6 heterocycles. The van der Waals surface area contributed by atoms with Crippen molar-refractivity contribution in [2.24, 2.45) is 0 Å². The fourth-order valence-corrected chi connectivity index (χ4v) is 22.5. The van der Waals surface area contributed by atoms with Gasteiger partial charge in [0.05, 0.1) is 100 Å². The van der Waals surface area contributed by atoms with E-state index in [1.165, 1.54) is 157 Å². The van der Waals surface area contributed by atoms with Crippen LogP contribution in [-0.4, -0.2) is 38.2 Å². The minimum Gasteiger partial charge on any atom is -0.309 e. The zero-order valence-electron chi connectivity index (χ0n) is 73.5. The Hall–Kier alpha value is -18.2. The highest BCUT2D eigenvalue weighted by Crippen LogP contribution is 2.48. The van der Waals surface area contributed by atoms with Gasteiger partial charge in [-0.2, -0.15) is 0 Å². The van der Waals surface area contributed by atoms with Crippen LogP contribution in [0.4, 0.5) is 0 Å². The molecule has 0 saturated carbocycles. The van der Waals surface area contributed by atoms with Crippen molar-refractivity contribution in [1.29, 1.82) is 0 Å². The molecule has 0 bridgehead atoms. The summed E-state index contributed by atoms with van der Waals surface area (Å²) in [6, 6.07) is 168. The first-order valence-corrected chi connectivity index (χ1v) is 46.6. The highest BCUT2D eigenvalue weighted by molar-refractivity contribution is 6.27. The number of benzene rings is 24. The number of nitrogens with zero attached hydrogens (tertiary/aromatic N) is 8. The van der Waals surface area contributed by atoms with Crippen molar-refractivity contribution in [2.45, 2.75) is 0 Å². The Bertz CT molecular complexity index is 10400. The molecule has 0 fully saturated rings. The van der Waals surface area contributed by atoms with E-state index in [2.05, 4.69) is 455 Å². The second kappa shape index (κ2) is 29.6. The first-order chi connectivity index (χ1) is 67.4. The van der Waals surface area contributed by atoms with Crippen molar-refractivity contribution in [3.05, 3.63) is 461 Å². The minimum absolute atomic E-state index is 0.861. The molecule has 0 spiro atoms. The molecule has 24 aromatic carbocycles. The Balaban J connectivity index is 0.000000133. The van der Waals surface area contributed by atoms with Gasteiger partial charge in [0, 0.05) is 87.5 Å². The molecule has 6 aromatic heterocycles. The molecular formula is C128H76N8. The average molecular weight is 1730 g/mol. The maximum atomic E-state index is 5.42. The number of hydrogen-bond donors (Lipinski definition) is 0. The molecule has 0 amide bonds. The molecule has 0 aliphatic heterocycles. The van der Waals surface area contributed by atoms with Gasteiger partial charge < -0.3 is 18.3 Å². The third-order valence-electron chi connectivity index (χ3n) is 28.8. The molecule has 8 nitrogen and oxygen atoms in total. The fourth-order valence-electron chi connectivity index (χ4n) is 22.5. The summed E-state index contributed by atoms with van der Waals surface area (Å²) in [6.45, 7) is 0. The summed E-state index contributed by atoms with van der Waals surface area (Å²) in [5.74, 6) is 0. The Kier molecular flexibility index (Phi) is 16.5. The van der Waals surface area contributed by atoms with Gasteiger partial charge in [-0.15, -0.1) is 0 Å². The van der Waals surface area contributed by atoms with Crippen molar-refractivity contribution < 1.29 is 0 Å². The van der Waals surface area contributed by atoms with Crippen molar-refractivity contribution in [3.63, 3.8) is 0 Å². The van der Waals surface area contributed by atoms with E-state index in [1.54, 1.807) is 0 Å². The second-order valence-electron chi connectivity index (χ2n) is 36.3. The summed E-state index contributed by atoms with van der Waals surface area (Å²) < 4.78 is 9.85. The van der Waals surface area contributed by atoms with E-state index in [1.807, 2.05) is 24.3 Å². The first kappa shape index (κ1) is 75.6. The monoisotopic (exact) mass is 1720 g/mol. The molecule has 30 aromatic rings. The van der Waals surface area contributed by atoms with Crippen molar-refractivity contribution in [3.8, 4) is 67.8 Å². The van der Waals surface area contributed by atoms with E-state index >= 15 is 0 Å². The normalized spacial score (nSPS) is 12.1. The van der Waals surface area contributed by atoms with Crippen molar-refractivity contribution in [2.75, 3.05) is 0 Å². The van der Waals surface area contributed by atoms with Gasteiger partial charge in [0.2, 0.25) is 0 Å². The maximum absolute atomic E-state index is 5.42. The first-order valence-electron chi connectivity index (χ1n) is 46.6. The Morgan fingerprint density at radius 3 is 0.838 bits per heavy atom. The summed E-state index contributed by atoms with van der Waals surface area (Å²) >= 11 is 0. The number of rotatable bonds is 8. The van der Waals surface area contributed by atoms with Crippen molar-refractivity contribution >= 4 is 217 Å². The van der Waals surface area contributed by atoms with E-state index < -0.39 is 0 Å². The molecule has 0 aliphatic rings.